The van der Waals surface area contributed by atoms with Crippen LogP contribution in [0.4, 0.5) is 0 Å². The third kappa shape index (κ3) is 2.43. The Bertz CT molecular complexity index is 200. The Kier molecular flexibility index (Phi) is 3.71. The minimum atomic E-state index is -0.241. The molecule has 3 nitrogen and oxygen atoms in total. The third-order valence-corrected chi connectivity index (χ3v) is 3.01. The molecule has 1 saturated carbocycles. The second kappa shape index (κ2) is 4.59. The molecule has 0 radical (unpaired) electrons. The molecule has 0 saturated heterocycles. The molecule has 1 rings (SSSR count). The van der Waals surface area contributed by atoms with Crippen molar-refractivity contribution in [1.29, 1.82) is 5.26 Å². The van der Waals surface area contributed by atoms with Crippen LogP contribution >= 0.6 is 0 Å². The second-order valence-electron chi connectivity index (χ2n) is 3.89. The first-order valence-corrected chi connectivity index (χ1v) is 4.96. The smallest absolute Gasteiger partial charge is 0.0950 e. The minimum absolute atomic E-state index is 0.0993. The van der Waals surface area contributed by atoms with E-state index in [-0.39, 0.29) is 18.2 Å². The molecule has 3 atom stereocenters. The lowest BCUT2D eigenvalue weighted by Crippen LogP contribution is -2.46. The highest BCUT2D eigenvalue weighted by Crippen LogP contribution is 2.23. The molecule has 3 heteroatoms. The van der Waals surface area contributed by atoms with E-state index in [1.165, 1.54) is 6.42 Å². The van der Waals surface area contributed by atoms with Gasteiger partial charge in [-0.05, 0) is 26.8 Å². The van der Waals surface area contributed by atoms with Gasteiger partial charge in [0, 0.05) is 6.04 Å². The van der Waals surface area contributed by atoms with Crippen molar-refractivity contribution < 1.29 is 5.11 Å². The van der Waals surface area contributed by atoms with E-state index in [0.29, 0.717) is 0 Å². The molecule has 0 aromatic carbocycles. The highest BCUT2D eigenvalue weighted by Gasteiger charge is 2.28. The van der Waals surface area contributed by atoms with Crippen molar-refractivity contribution in [3.63, 3.8) is 0 Å². The van der Waals surface area contributed by atoms with Crippen molar-refractivity contribution in [2.24, 2.45) is 0 Å². The van der Waals surface area contributed by atoms with Gasteiger partial charge in [-0.25, -0.2) is 0 Å². The molecule has 1 N–H and O–H groups in total. The molecule has 0 spiro atoms. The van der Waals surface area contributed by atoms with E-state index in [1.807, 2.05) is 18.9 Å². The topological polar surface area (TPSA) is 47.3 Å². The standard InChI is InChI=1S/C10H18N2O/c1-8(7-11)12(2)9-5-3-4-6-10(9)13/h8-10,13H,3-6H2,1-2H3. The number of likely N-dealkylation sites (N-methyl/N-ethyl adjacent to an activating group) is 1. The van der Waals surface area contributed by atoms with E-state index in [9.17, 15) is 5.11 Å². The normalized spacial score (nSPS) is 31.3. The van der Waals surface area contributed by atoms with E-state index >= 15 is 0 Å². The summed E-state index contributed by atoms with van der Waals surface area (Å²) in [7, 11) is 1.92. The zero-order valence-electron chi connectivity index (χ0n) is 8.40. The van der Waals surface area contributed by atoms with Gasteiger partial charge in [0.05, 0.1) is 18.2 Å². The van der Waals surface area contributed by atoms with Gasteiger partial charge in [-0.15, -0.1) is 0 Å². The summed E-state index contributed by atoms with van der Waals surface area (Å²) in [6.45, 7) is 1.88. The van der Waals surface area contributed by atoms with Gasteiger partial charge in [-0.1, -0.05) is 12.8 Å². The number of hydrogen-bond acceptors (Lipinski definition) is 3. The monoisotopic (exact) mass is 182 g/mol. The van der Waals surface area contributed by atoms with Crippen molar-refractivity contribution in [1.82, 2.24) is 4.90 Å². The van der Waals surface area contributed by atoms with E-state index in [1.54, 1.807) is 0 Å². The summed E-state index contributed by atoms with van der Waals surface area (Å²) >= 11 is 0. The molecule has 1 aliphatic carbocycles. The molecule has 1 aliphatic rings. The van der Waals surface area contributed by atoms with Crippen LogP contribution in [0.5, 0.6) is 0 Å². The number of hydrogen-bond donors (Lipinski definition) is 1. The lowest BCUT2D eigenvalue weighted by Gasteiger charge is -2.36. The van der Waals surface area contributed by atoms with Crippen LogP contribution in [0.1, 0.15) is 32.6 Å². The molecular weight excluding hydrogens is 164 g/mol. The Morgan fingerprint density at radius 2 is 2.08 bits per heavy atom. The van der Waals surface area contributed by atoms with Gasteiger partial charge < -0.3 is 5.11 Å². The molecule has 0 aliphatic heterocycles. The largest absolute Gasteiger partial charge is 0.391 e. The lowest BCUT2D eigenvalue weighted by molar-refractivity contribution is 0.0249. The first kappa shape index (κ1) is 10.5. The zero-order chi connectivity index (χ0) is 9.84. The van der Waals surface area contributed by atoms with Crippen molar-refractivity contribution in [3.8, 4) is 6.07 Å². The van der Waals surface area contributed by atoms with Crippen molar-refractivity contribution in [3.05, 3.63) is 0 Å². The number of nitrogens with zero attached hydrogens (tertiary/aromatic N) is 2. The molecule has 3 unspecified atom stereocenters. The van der Waals surface area contributed by atoms with Crippen LogP contribution in [-0.2, 0) is 0 Å². The Labute approximate surface area is 80.0 Å². The summed E-state index contributed by atoms with van der Waals surface area (Å²) in [5.41, 5.74) is 0. The summed E-state index contributed by atoms with van der Waals surface area (Å²) in [5, 5.41) is 18.5. The molecule has 13 heavy (non-hydrogen) atoms. The molecule has 0 aromatic rings. The first-order chi connectivity index (χ1) is 6.16. The minimum Gasteiger partial charge on any atom is -0.391 e. The lowest BCUT2D eigenvalue weighted by atomic mass is 9.91. The van der Waals surface area contributed by atoms with Crippen LogP contribution in [0, 0.1) is 11.3 Å². The Balaban J connectivity index is 2.54. The SMILES string of the molecule is CC(C#N)N(C)C1CCCCC1O. The average Bonchev–Trinajstić information content (AvgIpc) is 2.16. The van der Waals surface area contributed by atoms with Crippen LogP contribution < -0.4 is 0 Å². The highest BCUT2D eigenvalue weighted by atomic mass is 16.3. The molecule has 0 heterocycles. The number of aliphatic hydroxyl groups is 1. The van der Waals surface area contributed by atoms with E-state index in [2.05, 4.69) is 6.07 Å². The van der Waals surface area contributed by atoms with Gasteiger partial charge >= 0.3 is 0 Å². The van der Waals surface area contributed by atoms with Crippen LogP contribution in [0.15, 0.2) is 0 Å². The maximum Gasteiger partial charge on any atom is 0.0950 e. The van der Waals surface area contributed by atoms with Gasteiger partial charge in [-0.3, -0.25) is 4.90 Å². The Hall–Kier alpha value is -0.590. The van der Waals surface area contributed by atoms with Crippen LogP contribution in [0.3, 0.4) is 0 Å². The summed E-state index contributed by atoms with van der Waals surface area (Å²) in [6, 6.07) is 2.28. The summed E-state index contributed by atoms with van der Waals surface area (Å²) in [4.78, 5) is 1.99. The maximum absolute atomic E-state index is 9.73. The fourth-order valence-electron chi connectivity index (χ4n) is 1.95. The van der Waals surface area contributed by atoms with E-state index in [4.69, 9.17) is 5.26 Å². The van der Waals surface area contributed by atoms with Crippen molar-refractivity contribution >= 4 is 0 Å². The first-order valence-electron chi connectivity index (χ1n) is 4.96. The Morgan fingerprint density at radius 3 is 2.62 bits per heavy atom. The molecule has 1 fully saturated rings. The average molecular weight is 182 g/mol. The van der Waals surface area contributed by atoms with Crippen LogP contribution in [-0.4, -0.2) is 35.2 Å². The molecule has 0 aromatic heterocycles. The molecule has 0 amide bonds. The van der Waals surface area contributed by atoms with Crippen molar-refractivity contribution in [2.75, 3.05) is 7.05 Å². The molecule has 74 valence electrons. The maximum atomic E-state index is 9.73. The third-order valence-electron chi connectivity index (χ3n) is 3.01. The second-order valence-corrected chi connectivity index (χ2v) is 3.89. The molecule has 0 bridgehead atoms. The summed E-state index contributed by atoms with van der Waals surface area (Å²) in [6.07, 6.45) is 3.95. The fourth-order valence-corrected chi connectivity index (χ4v) is 1.95. The van der Waals surface area contributed by atoms with Crippen LogP contribution in [0.25, 0.3) is 0 Å². The summed E-state index contributed by atoms with van der Waals surface area (Å²) < 4.78 is 0. The zero-order valence-corrected chi connectivity index (χ0v) is 8.40. The highest BCUT2D eigenvalue weighted by molar-refractivity contribution is 4.92. The predicted molar refractivity (Wildman–Crippen MR) is 51.1 cm³/mol. The molecular formula is C10H18N2O. The number of aliphatic hydroxyl groups excluding tert-OH is 1. The van der Waals surface area contributed by atoms with Gasteiger partial charge in [0.2, 0.25) is 0 Å². The number of nitriles is 1. The predicted octanol–water partition coefficient (Wildman–Crippen LogP) is 1.13. The van der Waals surface area contributed by atoms with Crippen LogP contribution in [0.2, 0.25) is 0 Å². The van der Waals surface area contributed by atoms with Crippen molar-refractivity contribution in [2.45, 2.75) is 50.8 Å². The van der Waals surface area contributed by atoms with E-state index < -0.39 is 0 Å². The van der Waals surface area contributed by atoms with Gasteiger partial charge in [0.25, 0.3) is 0 Å². The van der Waals surface area contributed by atoms with Gasteiger partial charge in [0.15, 0.2) is 0 Å². The Morgan fingerprint density at radius 1 is 1.46 bits per heavy atom. The van der Waals surface area contributed by atoms with Gasteiger partial charge in [0.1, 0.15) is 0 Å². The summed E-state index contributed by atoms with van der Waals surface area (Å²) in [5.74, 6) is 0. The van der Waals surface area contributed by atoms with Gasteiger partial charge in [-0.2, -0.15) is 5.26 Å². The van der Waals surface area contributed by atoms with E-state index in [0.717, 1.165) is 19.3 Å². The fraction of sp³-hybridized carbons (Fsp3) is 0.900. The number of rotatable bonds is 2. The quantitative estimate of drug-likeness (QED) is 0.696.